The predicted octanol–water partition coefficient (Wildman–Crippen LogP) is 3.99. The zero-order valence-corrected chi connectivity index (χ0v) is 15.4. The van der Waals surface area contributed by atoms with Gasteiger partial charge in [-0.3, -0.25) is 4.79 Å². The van der Waals surface area contributed by atoms with Gasteiger partial charge in [-0.2, -0.15) is 0 Å². The van der Waals surface area contributed by atoms with E-state index in [9.17, 15) is 4.79 Å². The van der Waals surface area contributed by atoms with Gasteiger partial charge in [0.2, 0.25) is 5.95 Å². The highest BCUT2D eigenvalue weighted by Crippen LogP contribution is 2.20. The molecular weight excluding hydrogens is 328 g/mol. The fourth-order valence-electron chi connectivity index (χ4n) is 3.25. The summed E-state index contributed by atoms with van der Waals surface area (Å²) in [5.41, 5.74) is 1.95. The van der Waals surface area contributed by atoms with E-state index in [0.29, 0.717) is 11.6 Å². The molecule has 0 radical (unpaired) electrons. The van der Waals surface area contributed by atoms with Gasteiger partial charge in [-0.05, 0) is 38.0 Å². The van der Waals surface area contributed by atoms with E-state index in [1.165, 1.54) is 25.7 Å². The first-order valence-electron chi connectivity index (χ1n) is 9.21. The molecule has 6 nitrogen and oxygen atoms in total. The number of nitrogens with zero attached hydrogens (tertiary/aromatic N) is 2. The molecule has 2 aromatic rings. The Morgan fingerprint density at radius 3 is 2.62 bits per heavy atom. The number of aromatic nitrogens is 2. The largest absolute Gasteiger partial charge is 0.497 e. The molecule has 0 aliphatic heterocycles. The number of aryl methyl sites for hydroxylation is 1. The molecule has 1 saturated carbocycles. The fraction of sp³-hybridized carbons (Fsp3) is 0.450. The summed E-state index contributed by atoms with van der Waals surface area (Å²) in [6.45, 7) is 1.86. The van der Waals surface area contributed by atoms with Crippen LogP contribution in [0.3, 0.4) is 0 Å². The molecule has 1 amide bonds. The van der Waals surface area contributed by atoms with Crippen LogP contribution >= 0.6 is 0 Å². The minimum absolute atomic E-state index is 0.129. The summed E-state index contributed by atoms with van der Waals surface area (Å²) in [4.78, 5) is 21.4. The number of rotatable bonds is 5. The standard InChI is InChI=1S/C20H26N4O2/c1-14-12-18(19(25)22-15-8-5-3-4-6-9-15)24-20(21-14)23-16-10-7-11-17(13-16)26-2/h7,10-13,15H,3-6,8-9H2,1-2H3,(H,22,25)(H,21,23,24). The summed E-state index contributed by atoms with van der Waals surface area (Å²) in [6.07, 6.45) is 6.96. The number of benzene rings is 1. The Morgan fingerprint density at radius 1 is 1.12 bits per heavy atom. The SMILES string of the molecule is COc1cccc(Nc2nc(C)cc(C(=O)NC3CCCCCC3)n2)c1. The molecule has 2 N–H and O–H groups in total. The molecule has 1 aromatic carbocycles. The number of carbonyl (C=O) groups excluding carboxylic acids is 1. The molecule has 1 aliphatic rings. The van der Waals surface area contributed by atoms with Crippen molar-refractivity contribution in [3.05, 3.63) is 41.7 Å². The fourth-order valence-corrected chi connectivity index (χ4v) is 3.25. The van der Waals surface area contributed by atoms with E-state index in [1.807, 2.05) is 31.2 Å². The van der Waals surface area contributed by atoms with E-state index >= 15 is 0 Å². The van der Waals surface area contributed by atoms with Crippen molar-refractivity contribution in [2.75, 3.05) is 12.4 Å². The zero-order chi connectivity index (χ0) is 18.4. The molecule has 0 atom stereocenters. The van der Waals surface area contributed by atoms with Crippen LogP contribution in [0.25, 0.3) is 0 Å². The highest BCUT2D eigenvalue weighted by Gasteiger charge is 2.17. The highest BCUT2D eigenvalue weighted by atomic mass is 16.5. The number of hydrogen-bond acceptors (Lipinski definition) is 5. The summed E-state index contributed by atoms with van der Waals surface area (Å²) in [5.74, 6) is 1.02. The van der Waals surface area contributed by atoms with Gasteiger partial charge < -0.3 is 15.4 Å². The first-order chi connectivity index (χ1) is 12.6. The van der Waals surface area contributed by atoms with Crippen LogP contribution in [0, 0.1) is 6.92 Å². The predicted molar refractivity (Wildman–Crippen MR) is 102 cm³/mol. The van der Waals surface area contributed by atoms with Gasteiger partial charge in [-0.1, -0.05) is 31.7 Å². The Morgan fingerprint density at radius 2 is 1.88 bits per heavy atom. The monoisotopic (exact) mass is 354 g/mol. The van der Waals surface area contributed by atoms with Crippen molar-refractivity contribution in [3.63, 3.8) is 0 Å². The first kappa shape index (κ1) is 18.2. The number of anilines is 2. The van der Waals surface area contributed by atoms with Crippen LogP contribution in [0.1, 0.15) is 54.7 Å². The van der Waals surface area contributed by atoms with Crippen LogP contribution in [-0.2, 0) is 0 Å². The lowest BCUT2D eigenvalue weighted by Gasteiger charge is -2.16. The minimum Gasteiger partial charge on any atom is -0.497 e. The zero-order valence-electron chi connectivity index (χ0n) is 15.4. The van der Waals surface area contributed by atoms with Crippen LogP contribution in [0.5, 0.6) is 5.75 Å². The van der Waals surface area contributed by atoms with Gasteiger partial charge in [0.05, 0.1) is 7.11 Å². The van der Waals surface area contributed by atoms with Crippen molar-refractivity contribution in [3.8, 4) is 5.75 Å². The molecule has 3 rings (SSSR count). The Hall–Kier alpha value is -2.63. The average molecular weight is 354 g/mol. The molecule has 0 spiro atoms. The van der Waals surface area contributed by atoms with Crippen LogP contribution in [0.2, 0.25) is 0 Å². The van der Waals surface area contributed by atoms with Crippen LogP contribution in [0.15, 0.2) is 30.3 Å². The van der Waals surface area contributed by atoms with Crippen molar-refractivity contribution < 1.29 is 9.53 Å². The van der Waals surface area contributed by atoms with Gasteiger partial charge in [0, 0.05) is 23.5 Å². The Bertz CT molecular complexity index is 755. The number of hydrogen-bond donors (Lipinski definition) is 2. The molecule has 26 heavy (non-hydrogen) atoms. The Labute approximate surface area is 154 Å². The van der Waals surface area contributed by atoms with Gasteiger partial charge in [-0.25, -0.2) is 9.97 Å². The molecular formula is C20H26N4O2. The molecule has 1 aliphatic carbocycles. The van der Waals surface area contributed by atoms with E-state index < -0.39 is 0 Å². The average Bonchev–Trinajstić information content (AvgIpc) is 2.90. The first-order valence-corrected chi connectivity index (χ1v) is 9.21. The van der Waals surface area contributed by atoms with E-state index in [-0.39, 0.29) is 11.9 Å². The third-order valence-corrected chi connectivity index (χ3v) is 4.60. The number of ether oxygens (including phenoxy) is 1. The maximum atomic E-state index is 12.6. The maximum Gasteiger partial charge on any atom is 0.270 e. The second-order valence-electron chi connectivity index (χ2n) is 6.74. The van der Waals surface area contributed by atoms with E-state index in [0.717, 1.165) is 30.0 Å². The van der Waals surface area contributed by atoms with Crippen LogP contribution in [-0.4, -0.2) is 29.0 Å². The lowest BCUT2D eigenvalue weighted by Crippen LogP contribution is -2.35. The minimum atomic E-state index is -0.129. The van der Waals surface area contributed by atoms with Crippen LogP contribution in [0.4, 0.5) is 11.6 Å². The normalized spacial score (nSPS) is 15.2. The smallest absolute Gasteiger partial charge is 0.270 e. The third kappa shape index (κ3) is 4.94. The van der Waals surface area contributed by atoms with Gasteiger partial charge >= 0.3 is 0 Å². The number of carbonyl (C=O) groups is 1. The van der Waals surface area contributed by atoms with Crippen molar-refractivity contribution in [2.45, 2.75) is 51.5 Å². The van der Waals surface area contributed by atoms with E-state index in [4.69, 9.17) is 4.74 Å². The van der Waals surface area contributed by atoms with E-state index in [1.54, 1.807) is 13.2 Å². The van der Waals surface area contributed by atoms with Gasteiger partial charge in [0.15, 0.2) is 0 Å². The summed E-state index contributed by atoms with van der Waals surface area (Å²) in [5, 5.41) is 6.28. The van der Waals surface area contributed by atoms with Crippen molar-refractivity contribution in [1.82, 2.24) is 15.3 Å². The lowest BCUT2D eigenvalue weighted by atomic mass is 10.1. The van der Waals surface area contributed by atoms with Gasteiger partial charge in [-0.15, -0.1) is 0 Å². The quantitative estimate of drug-likeness (QED) is 0.794. The molecule has 1 fully saturated rings. The van der Waals surface area contributed by atoms with Gasteiger partial charge in [0.1, 0.15) is 11.4 Å². The van der Waals surface area contributed by atoms with Crippen molar-refractivity contribution in [1.29, 1.82) is 0 Å². The molecule has 1 aromatic heterocycles. The molecule has 0 bridgehead atoms. The highest BCUT2D eigenvalue weighted by molar-refractivity contribution is 5.92. The second-order valence-corrected chi connectivity index (χ2v) is 6.74. The topological polar surface area (TPSA) is 76.1 Å². The summed E-state index contributed by atoms with van der Waals surface area (Å²) in [6, 6.07) is 9.49. The maximum absolute atomic E-state index is 12.6. The third-order valence-electron chi connectivity index (χ3n) is 4.60. The molecule has 138 valence electrons. The number of nitrogens with one attached hydrogen (secondary N) is 2. The molecule has 6 heteroatoms. The molecule has 0 unspecified atom stereocenters. The summed E-state index contributed by atoms with van der Waals surface area (Å²) in [7, 11) is 1.62. The van der Waals surface area contributed by atoms with E-state index in [2.05, 4.69) is 20.6 Å². The number of methoxy groups -OCH3 is 1. The Kier molecular flexibility index (Phi) is 6.04. The number of amides is 1. The van der Waals surface area contributed by atoms with Crippen molar-refractivity contribution >= 4 is 17.5 Å². The lowest BCUT2D eigenvalue weighted by molar-refractivity contribution is 0.0928. The second kappa shape index (κ2) is 8.65. The Balaban J connectivity index is 1.72. The van der Waals surface area contributed by atoms with Crippen molar-refractivity contribution in [2.24, 2.45) is 0 Å². The summed E-state index contributed by atoms with van der Waals surface area (Å²) >= 11 is 0. The van der Waals surface area contributed by atoms with Crippen LogP contribution < -0.4 is 15.4 Å². The van der Waals surface area contributed by atoms with Gasteiger partial charge in [0.25, 0.3) is 5.91 Å². The molecule has 1 heterocycles. The molecule has 0 saturated heterocycles. The summed E-state index contributed by atoms with van der Waals surface area (Å²) < 4.78 is 5.23.